The Morgan fingerprint density at radius 3 is 2.11 bits per heavy atom. The van der Waals surface area contributed by atoms with E-state index in [9.17, 15) is 5.11 Å². The maximum atomic E-state index is 9.29. The molecule has 0 saturated heterocycles. The summed E-state index contributed by atoms with van der Waals surface area (Å²) >= 11 is 0. The van der Waals surface area contributed by atoms with Crippen LogP contribution in [0.15, 0.2) is 0 Å². The zero-order valence-corrected chi connectivity index (χ0v) is 6.64. The van der Waals surface area contributed by atoms with E-state index in [2.05, 4.69) is 0 Å². The third kappa shape index (κ3) is 3.49. The van der Waals surface area contributed by atoms with Crippen LogP contribution in [0, 0.1) is 0 Å². The van der Waals surface area contributed by atoms with Crippen LogP contribution in [-0.2, 0) is 4.74 Å². The summed E-state index contributed by atoms with van der Waals surface area (Å²) in [4.78, 5) is 0. The minimum Gasteiger partial charge on any atom is -0.388 e. The van der Waals surface area contributed by atoms with Crippen molar-refractivity contribution in [1.82, 2.24) is 0 Å². The van der Waals surface area contributed by atoms with Gasteiger partial charge in [0.25, 0.3) is 0 Å². The summed E-state index contributed by atoms with van der Waals surface area (Å²) < 4.78 is 5.16. The SMILES string of the molecule is CCO[C@H](C)C(C)(C)O. The molecule has 2 heteroatoms. The van der Waals surface area contributed by atoms with Gasteiger partial charge in [-0.2, -0.15) is 0 Å². The average molecular weight is 132 g/mol. The largest absolute Gasteiger partial charge is 0.388 e. The molecule has 0 amide bonds. The van der Waals surface area contributed by atoms with E-state index in [0.29, 0.717) is 6.61 Å². The first-order valence-electron chi connectivity index (χ1n) is 3.32. The van der Waals surface area contributed by atoms with Crippen LogP contribution < -0.4 is 0 Å². The smallest absolute Gasteiger partial charge is 0.0849 e. The molecule has 0 aromatic rings. The lowest BCUT2D eigenvalue weighted by atomic mass is 10.0. The summed E-state index contributed by atoms with van der Waals surface area (Å²) in [5.41, 5.74) is -0.712. The van der Waals surface area contributed by atoms with Crippen LogP contribution in [0.2, 0.25) is 0 Å². The summed E-state index contributed by atoms with van der Waals surface area (Å²) in [5.74, 6) is 0. The van der Waals surface area contributed by atoms with Crippen LogP contribution >= 0.6 is 0 Å². The molecule has 0 aliphatic carbocycles. The van der Waals surface area contributed by atoms with E-state index >= 15 is 0 Å². The van der Waals surface area contributed by atoms with Gasteiger partial charge in [0.05, 0.1) is 11.7 Å². The second kappa shape index (κ2) is 3.18. The number of aliphatic hydroxyl groups is 1. The molecule has 0 fully saturated rings. The summed E-state index contributed by atoms with van der Waals surface area (Å²) in [6.07, 6.45) is -0.0810. The van der Waals surface area contributed by atoms with Gasteiger partial charge in [-0.05, 0) is 27.7 Å². The van der Waals surface area contributed by atoms with Crippen molar-refractivity contribution in [3.63, 3.8) is 0 Å². The molecule has 56 valence electrons. The van der Waals surface area contributed by atoms with E-state index in [0.717, 1.165) is 0 Å². The summed E-state index contributed by atoms with van der Waals surface area (Å²) in [6, 6.07) is 0. The minimum absolute atomic E-state index is 0.0810. The highest BCUT2D eigenvalue weighted by Crippen LogP contribution is 2.10. The summed E-state index contributed by atoms with van der Waals surface area (Å²) in [5, 5.41) is 9.29. The number of rotatable bonds is 3. The van der Waals surface area contributed by atoms with Gasteiger partial charge in [0.2, 0.25) is 0 Å². The molecular weight excluding hydrogens is 116 g/mol. The summed E-state index contributed by atoms with van der Waals surface area (Å²) in [6.45, 7) is 7.93. The Balaban J connectivity index is 3.59. The van der Waals surface area contributed by atoms with Gasteiger partial charge >= 0.3 is 0 Å². The Bertz CT molecular complexity index is 73.5. The molecule has 0 saturated carbocycles. The fraction of sp³-hybridized carbons (Fsp3) is 1.00. The fourth-order valence-corrected chi connectivity index (χ4v) is 0.454. The second-order valence-electron chi connectivity index (χ2n) is 2.75. The van der Waals surface area contributed by atoms with Crippen molar-refractivity contribution in [1.29, 1.82) is 0 Å². The van der Waals surface area contributed by atoms with Crippen LogP contribution in [0.4, 0.5) is 0 Å². The number of ether oxygens (including phenoxy) is 1. The molecule has 0 aromatic heterocycles. The molecule has 0 rings (SSSR count). The van der Waals surface area contributed by atoms with E-state index < -0.39 is 5.60 Å². The third-order valence-corrected chi connectivity index (χ3v) is 1.41. The highest BCUT2D eigenvalue weighted by atomic mass is 16.5. The Kier molecular flexibility index (Phi) is 3.15. The molecule has 1 N–H and O–H groups in total. The van der Waals surface area contributed by atoms with Gasteiger partial charge in [0.1, 0.15) is 0 Å². The molecule has 0 heterocycles. The first-order chi connectivity index (χ1) is 3.98. The predicted molar refractivity (Wildman–Crippen MR) is 37.4 cm³/mol. The molecular formula is C7H16O2. The van der Waals surface area contributed by atoms with Crippen molar-refractivity contribution in [3.05, 3.63) is 0 Å². The second-order valence-corrected chi connectivity index (χ2v) is 2.75. The van der Waals surface area contributed by atoms with Crippen LogP contribution in [0.3, 0.4) is 0 Å². The van der Waals surface area contributed by atoms with E-state index in [1.165, 1.54) is 0 Å². The Morgan fingerprint density at radius 1 is 1.56 bits per heavy atom. The van der Waals surface area contributed by atoms with Crippen molar-refractivity contribution in [3.8, 4) is 0 Å². The highest BCUT2D eigenvalue weighted by Gasteiger charge is 2.21. The Hall–Kier alpha value is -0.0800. The molecule has 0 bridgehead atoms. The first-order valence-corrected chi connectivity index (χ1v) is 3.32. The van der Waals surface area contributed by atoms with Crippen molar-refractivity contribution in [2.24, 2.45) is 0 Å². The minimum atomic E-state index is -0.712. The molecule has 1 atom stereocenters. The lowest BCUT2D eigenvalue weighted by Gasteiger charge is -2.25. The first kappa shape index (κ1) is 8.92. The van der Waals surface area contributed by atoms with Gasteiger partial charge in [-0.25, -0.2) is 0 Å². The average Bonchev–Trinajstić information content (AvgIpc) is 1.64. The number of hydrogen-bond acceptors (Lipinski definition) is 2. The standard InChI is InChI=1S/C7H16O2/c1-5-9-6(2)7(3,4)8/h6,8H,5H2,1-4H3/t6-/m1/s1. The molecule has 0 aliphatic heterocycles. The van der Waals surface area contributed by atoms with Gasteiger partial charge in [0, 0.05) is 6.61 Å². The normalized spacial score (nSPS) is 15.7. The number of hydrogen-bond donors (Lipinski definition) is 1. The maximum Gasteiger partial charge on any atom is 0.0849 e. The van der Waals surface area contributed by atoms with E-state index in [-0.39, 0.29) is 6.10 Å². The van der Waals surface area contributed by atoms with E-state index in [1.54, 1.807) is 13.8 Å². The molecule has 9 heavy (non-hydrogen) atoms. The topological polar surface area (TPSA) is 29.5 Å². The van der Waals surface area contributed by atoms with E-state index in [4.69, 9.17) is 4.74 Å². The molecule has 0 unspecified atom stereocenters. The third-order valence-electron chi connectivity index (χ3n) is 1.41. The lowest BCUT2D eigenvalue weighted by molar-refractivity contribution is -0.0748. The molecule has 0 radical (unpaired) electrons. The van der Waals surface area contributed by atoms with Gasteiger partial charge in [-0.1, -0.05) is 0 Å². The van der Waals surface area contributed by atoms with Crippen molar-refractivity contribution in [2.75, 3.05) is 6.61 Å². The highest BCUT2D eigenvalue weighted by molar-refractivity contribution is 4.72. The van der Waals surface area contributed by atoms with Gasteiger partial charge in [-0.3, -0.25) is 0 Å². The summed E-state index contributed by atoms with van der Waals surface area (Å²) in [7, 11) is 0. The zero-order valence-electron chi connectivity index (χ0n) is 6.64. The predicted octanol–water partition coefficient (Wildman–Crippen LogP) is 1.18. The van der Waals surface area contributed by atoms with Crippen LogP contribution in [0.1, 0.15) is 27.7 Å². The van der Waals surface area contributed by atoms with E-state index in [1.807, 2.05) is 13.8 Å². The van der Waals surface area contributed by atoms with Crippen LogP contribution in [-0.4, -0.2) is 23.4 Å². The van der Waals surface area contributed by atoms with Crippen LogP contribution in [0.25, 0.3) is 0 Å². The molecule has 0 aliphatic rings. The fourth-order valence-electron chi connectivity index (χ4n) is 0.454. The zero-order chi connectivity index (χ0) is 7.49. The lowest BCUT2D eigenvalue weighted by Crippen LogP contribution is -2.35. The molecule has 2 nitrogen and oxygen atoms in total. The maximum absolute atomic E-state index is 9.29. The molecule has 0 spiro atoms. The van der Waals surface area contributed by atoms with Crippen molar-refractivity contribution < 1.29 is 9.84 Å². The molecule has 0 aromatic carbocycles. The van der Waals surface area contributed by atoms with Crippen LogP contribution in [0.5, 0.6) is 0 Å². The quantitative estimate of drug-likeness (QED) is 0.625. The Morgan fingerprint density at radius 2 is 2.00 bits per heavy atom. The van der Waals surface area contributed by atoms with Gasteiger partial charge < -0.3 is 9.84 Å². The van der Waals surface area contributed by atoms with Crippen molar-refractivity contribution in [2.45, 2.75) is 39.4 Å². The van der Waals surface area contributed by atoms with Gasteiger partial charge in [0.15, 0.2) is 0 Å². The van der Waals surface area contributed by atoms with Crippen molar-refractivity contribution >= 4 is 0 Å². The Labute approximate surface area is 56.8 Å². The van der Waals surface area contributed by atoms with Gasteiger partial charge in [-0.15, -0.1) is 0 Å². The monoisotopic (exact) mass is 132 g/mol.